The molecule has 460 valence electrons. The van der Waals surface area contributed by atoms with Gasteiger partial charge in [0.05, 0.1) is 25.4 Å². The molecule has 0 fully saturated rings. The van der Waals surface area contributed by atoms with Crippen LogP contribution in [0.3, 0.4) is 0 Å². The van der Waals surface area contributed by atoms with Gasteiger partial charge in [-0.15, -0.1) is 0 Å². The van der Waals surface area contributed by atoms with Crippen molar-refractivity contribution in [3.05, 3.63) is 36.5 Å². The third-order valence-electron chi connectivity index (χ3n) is 16.4. The Labute approximate surface area is 487 Å². The van der Waals surface area contributed by atoms with Gasteiger partial charge in [0.25, 0.3) is 0 Å². The summed E-state index contributed by atoms with van der Waals surface area (Å²) in [6, 6.07) is -0.631. The minimum absolute atomic E-state index is 0.0142. The number of amides is 1. The van der Waals surface area contributed by atoms with Crippen molar-refractivity contribution in [1.29, 1.82) is 0 Å². The van der Waals surface area contributed by atoms with E-state index < -0.39 is 12.1 Å². The number of rotatable bonds is 66. The SMILES string of the molecule is CCCCCCCCCCCCCCCCCC/C=C/C(O)C(CO)NC(=O)CCCCCCCCCCCCC/C=C\C/C=C\CCCCCCCCCCCOC(=O)CCCCCCCCCCCCCCCCCC. The summed E-state index contributed by atoms with van der Waals surface area (Å²) in [4.78, 5) is 24.6. The molecule has 0 heterocycles. The average Bonchev–Trinajstić information content (AvgIpc) is 3.44. The van der Waals surface area contributed by atoms with E-state index in [0.29, 0.717) is 19.4 Å². The van der Waals surface area contributed by atoms with Gasteiger partial charge >= 0.3 is 5.97 Å². The van der Waals surface area contributed by atoms with Gasteiger partial charge in [-0.3, -0.25) is 9.59 Å². The lowest BCUT2D eigenvalue weighted by Crippen LogP contribution is -2.45. The highest BCUT2D eigenvalue weighted by Gasteiger charge is 2.18. The van der Waals surface area contributed by atoms with Crippen LogP contribution in [0, 0.1) is 0 Å². The molecule has 0 bridgehead atoms. The highest BCUT2D eigenvalue weighted by molar-refractivity contribution is 5.76. The van der Waals surface area contributed by atoms with Crippen LogP contribution in [0.25, 0.3) is 0 Å². The minimum atomic E-state index is -0.847. The predicted molar refractivity (Wildman–Crippen MR) is 343 cm³/mol. The summed E-state index contributed by atoms with van der Waals surface area (Å²) in [6.45, 7) is 4.94. The van der Waals surface area contributed by atoms with Crippen LogP contribution in [-0.4, -0.2) is 47.4 Å². The Kier molecular flexibility index (Phi) is 65.9. The van der Waals surface area contributed by atoms with E-state index in [0.717, 1.165) is 44.9 Å². The largest absolute Gasteiger partial charge is 0.466 e. The molecule has 6 heteroatoms. The number of ether oxygens (including phenoxy) is 1. The second-order valence-electron chi connectivity index (χ2n) is 24.2. The van der Waals surface area contributed by atoms with Gasteiger partial charge in [-0.2, -0.15) is 0 Å². The third-order valence-corrected chi connectivity index (χ3v) is 16.4. The molecule has 0 aromatic rings. The number of esters is 1. The summed E-state index contributed by atoms with van der Waals surface area (Å²) in [5.74, 6) is -0.0541. The second kappa shape index (κ2) is 67.6. The van der Waals surface area contributed by atoms with Crippen molar-refractivity contribution in [2.75, 3.05) is 13.2 Å². The summed E-state index contributed by atoms with van der Waals surface area (Å²) < 4.78 is 5.50. The number of nitrogens with one attached hydrogen (secondary N) is 1. The molecule has 0 aliphatic heterocycles. The molecule has 6 nitrogen and oxygen atoms in total. The quantitative estimate of drug-likeness (QED) is 0.0320. The Morgan fingerprint density at radius 1 is 0.359 bits per heavy atom. The van der Waals surface area contributed by atoms with Crippen LogP contribution in [-0.2, 0) is 14.3 Å². The minimum Gasteiger partial charge on any atom is -0.466 e. The van der Waals surface area contributed by atoms with E-state index in [2.05, 4.69) is 43.5 Å². The molecule has 3 N–H and O–H groups in total. The van der Waals surface area contributed by atoms with Crippen molar-refractivity contribution in [3.8, 4) is 0 Å². The molecule has 0 aromatic carbocycles. The Morgan fingerprint density at radius 2 is 0.641 bits per heavy atom. The number of aliphatic hydroxyl groups excluding tert-OH is 2. The molecule has 78 heavy (non-hydrogen) atoms. The van der Waals surface area contributed by atoms with Gasteiger partial charge in [-0.25, -0.2) is 0 Å². The Bertz CT molecular complexity index is 1260. The molecule has 0 aromatic heterocycles. The first-order chi connectivity index (χ1) is 38.5. The lowest BCUT2D eigenvalue weighted by molar-refractivity contribution is -0.143. The van der Waals surface area contributed by atoms with Crippen molar-refractivity contribution in [2.24, 2.45) is 0 Å². The van der Waals surface area contributed by atoms with E-state index in [-0.39, 0.29) is 18.5 Å². The van der Waals surface area contributed by atoms with Crippen LogP contribution in [0.5, 0.6) is 0 Å². The maximum atomic E-state index is 12.5. The zero-order chi connectivity index (χ0) is 56.4. The first kappa shape index (κ1) is 76.1. The summed E-state index contributed by atoms with van der Waals surface area (Å²) in [7, 11) is 0. The lowest BCUT2D eigenvalue weighted by Gasteiger charge is -2.20. The highest BCUT2D eigenvalue weighted by Crippen LogP contribution is 2.18. The number of unbranched alkanes of at least 4 members (excludes halogenated alkanes) is 51. The van der Waals surface area contributed by atoms with E-state index in [1.54, 1.807) is 6.08 Å². The van der Waals surface area contributed by atoms with Gasteiger partial charge < -0.3 is 20.3 Å². The van der Waals surface area contributed by atoms with Crippen molar-refractivity contribution in [3.63, 3.8) is 0 Å². The maximum absolute atomic E-state index is 12.5. The van der Waals surface area contributed by atoms with Gasteiger partial charge in [-0.05, 0) is 64.2 Å². The molecular formula is C72H137NO5. The Morgan fingerprint density at radius 3 is 0.974 bits per heavy atom. The smallest absolute Gasteiger partial charge is 0.305 e. The van der Waals surface area contributed by atoms with E-state index >= 15 is 0 Å². The molecule has 1 amide bonds. The number of carbonyl (C=O) groups excluding carboxylic acids is 2. The number of hydrogen-bond donors (Lipinski definition) is 3. The Balaban J connectivity index is 3.43. The molecule has 0 rings (SSSR count). The normalized spacial score (nSPS) is 12.7. The zero-order valence-electron chi connectivity index (χ0n) is 52.7. The van der Waals surface area contributed by atoms with Crippen LogP contribution < -0.4 is 5.32 Å². The van der Waals surface area contributed by atoms with Crippen LogP contribution >= 0.6 is 0 Å². The van der Waals surface area contributed by atoms with Crippen molar-refractivity contribution >= 4 is 11.9 Å². The van der Waals surface area contributed by atoms with Crippen LogP contribution in [0.2, 0.25) is 0 Å². The fraction of sp³-hybridized carbons (Fsp3) is 0.889. The first-order valence-corrected chi connectivity index (χ1v) is 35.3. The molecule has 0 saturated carbocycles. The van der Waals surface area contributed by atoms with Gasteiger partial charge in [0.15, 0.2) is 0 Å². The summed E-state index contributed by atoms with van der Waals surface area (Å²) in [6.07, 6.45) is 86.5. The monoisotopic (exact) mass is 1100 g/mol. The number of allylic oxidation sites excluding steroid dienone is 5. The second-order valence-corrected chi connectivity index (χ2v) is 24.2. The fourth-order valence-corrected chi connectivity index (χ4v) is 11.0. The molecular weight excluding hydrogens is 959 g/mol. The summed E-state index contributed by atoms with van der Waals surface area (Å²) in [5, 5.41) is 23.2. The van der Waals surface area contributed by atoms with E-state index in [1.165, 1.54) is 315 Å². The van der Waals surface area contributed by atoms with Gasteiger partial charge in [0, 0.05) is 12.8 Å². The van der Waals surface area contributed by atoms with Crippen molar-refractivity contribution in [2.45, 2.75) is 398 Å². The Hall–Kier alpha value is -1.92. The lowest BCUT2D eigenvalue weighted by atomic mass is 10.0. The first-order valence-electron chi connectivity index (χ1n) is 35.3. The van der Waals surface area contributed by atoms with Gasteiger partial charge in [-0.1, -0.05) is 346 Å². The molecule has 0 aliphatic carbocycles. The van der Waals surface area contributed by atoms with Crippen LogP contribution in [0.4, 0.5) is 0 Å². The average molecular weight is 1100 g/mol. The van der Waals surface area contributed by atoms with Gasteiger partial charge in [0.1, 0.15) is 0 Å². The number of hydrogen-bond acceptors (Lipinski definition) is 5. The molecule has 2 unspecified atom stereocenters. The van der Waals surface area contributed by atoms with Crippen molar-refractivity contribution < 1.29 is 24.5 Å². The zero-order valence-corrected chi connectivity index (χ0v) is 52.7. The van der Waals surface area contributed by atoms with Crippen molar-refractivity contribution in [1.82, 2.24) is 5.32 Å². The molecule has 0 saturated heterocycles. The predicted octanol–water partition coefficient (Wildman–Crippen LogP) is 22.7. The van der Waals surface area contributed by atoms with E-state index in [9.17, 15) is 19.8 Å². The topological polar surface area (TPSA) is 95.9 Å². The number of aliphatic hydroxyl groups is 2. The number of carbonyl (C=O) groups is 2. The van der Waals surface area contributed by atoms with E-state index in [1.807, 2.05) is 6.08 Å². The highest BCUT2D eigenvalue weighted by atomic mass is 16.5. The maximum Gasteiger partial charge on any atom is 0.305 e. The molecule has 0 aliphatic rings. The summed E-state index contributed by atoms with van der Waals surface area (Å²) in [5.41, 5.74) is 0. The van der Waals surface area contributed by atoms with E-state index in [4.69, 9.17) is 4.74 Å². The van der Waals surface area contributed by atoms with Crippen LogP contribution in [0.1, 0.15) is 386 Å². The fourth-order valence-electron chi connectivity index (χ4n) is 11.0. The molecule has 2 atom stereocenters. The standard InChI is InChI=1S/C72H137NO5/c1-3-5-7-9-11-13-15-17-19-21-33-36-40-44-48-52-56-60-64-70(75)69(68-74)73-71(76)65-61-57-53-49-45-41-37-34-31-29-27-25-23-22-24-26-28-30-32-35-39-43-47-51-55-59-63-67-78-72(77)66-62-58-54-50-46-42-38-20-18-16-14-12-10-8-6-4-2/h22-23,26,28,60,64,69-70,74-75H,3-21,24-25,27,29-59,61-63,65-68H2,1-2H3,(H,73,76)/b23-22-,28-26-,64-60+. The third kappa shape index (κ3) is 63.3. The molecule has 0 radical (unpaired) electrons. The van der Waals surface area contributed by atoms with Crippen LogP contribution in [0.15, 0.2) is 36.5 Å². The van der Waals surface area contributed by atoms with Gasteiger partial charge in [0.2, 0.25) is 5.91 Å². The summed E-state index contributed by atoms with van der Waals surface area (Å²) >= 11 is 0. The molecule has 0 spiro atoms.